The summed E-state index contributed by atoms with van der Waals surface area (Å²) >= 11 is 0. The molecule has 4 nitrogen and oxygen atoms in total. The van der Waals surface area contributed by atoms with Crippen molar-refractivity contribution in [2.75, 3.05) is 59.1 Å². The Labute approximate surface area is 173 Å². The normalized spacial score (nSPS) is 35.0. The SMILES string of the molecule is CCN1CCC2(CCOC(CC(C)(C)CN3CCC4(CCOCC4)CC3)C2)C1. The van der Waals surface area contributed by atoms with Gasteiger partial charge < -0.3 is 19.3 Å². The van der Waals surface area contributed by atoms with Gasteiger partial charge in [-0.1, -0.05) is 20.8 Å². The molecule has 162 valence electrons. The van der Waals surface area contributed by atoms with Gasteiger partial charge in [0.2, 0.25) is 0 Å². The van der Waals surface area contributed by atoms with Crippen molar-refractivity contribution in [1.29, 1.82) is 0 Å². The molecule has 0 amide bonds. The lowest BCUT2D eigenvalue weighted by atomic mass is 9.71. The van der Waals surface area contributed by atoms with E-state index in [4.69, 9.17) is 9.47 Å². The van der Waals surface area contributed by atoms with Crippen LogP contribution in [0.2, 0.25) is 0 Å². The number of ether oxygens (including phenoxy) is 2. The highest BCUT2D eigenvalue weighted by Gasteiger charge is 2.43. The van der Waals surface area contributed by atoms with E-state index in [2.05, 4.69) is 30.6 Å². The maximum atomic E-state index is 6.30. The van der Waals surface area contributed by atoms with E-state index in [1.54, 1.807) is 0 Å². The number of hydrogen-bond acceptors (Lipinski definition) is 4. The number of nitrogens with zero attached hydrogens (tertiary/aromatic N) is 2. The van der Waals surface area contributed by atoms with Crippen molar-refractivity contribution in [3.63, 3.8) is 0 Å². The molecule has 0 aromatic heterocycles. The maximum absolute atomic E-state index is 6.30. The van der Waals surface area contributed by atoms with Crippen LogP contribution in [0.5, 0.6) is 0 Å². The number of rotatable bonds is 5. The fourth-order valence-electron chi connectivity index (χ4n) is 6.66. The summed E-state index contributed by atoms with van der Waals surface area (Å²) in [6.45, 7) is 17.8. The lowest BCUT2D eigenvalue weighted by molar-refractivity contribution is -0.0688. The average molecular weight is 393 g/mol. The van der Waals surface area contributed by atoms with E-state index >= 15 is 0 Å². The Bertz CT molecular complexity index is 507. The van der Waals surface area contributed by atoms with Crippen LogP contribution in [0.25, 0.3) is 0 Å². The molecule has 4 heterocycles. The third-order valence-corrected chi connectivity index (χ3v) is 8.51. The van der Waals surface area contributed by atoms with Gasteiger partial charge in [-0.05, 0) is 93.8 Å². The van der Waals surface area contributed by atoms with E-state index in [0.29, 0.717) is 22.3 Å². The van der Waals surface area contributed by atoms with Gasteiger partial charge in [0.1, 0.15) is 0 Å². The molecule has 4 saturated heterocycles. The summed E-state index contributed by atoms with van der Waals surface area (Å²) in [5.41, 5.74) is 1.49. The number of piperidine rings is 1. The Morgan fingerprint density at radius 1 is 0.857 bits per heavy atom. The molecule has 4 aliphatic rings. The van der Waals surface area contributed by atoms with Crippen LogP contribution in [0, 0.1) is 16.2 Å². The summed E-state index contributed by atoms with van der Waals surface area (Å²) < 4.78 is 11.9. The first kappa shape index (κ1) is 21.1. The van der Waals surface area contributed by atoms with Gasteiger partial charge in [-0.3, -0.25) is 0 Å². The summed E-state index contributed by atoms with van der Waals surface area (Å²) in [5.74, 6) is 0. The number of likely N-dealkylation sites (tertiary alicyclic amines) is 2. The van der Waals surface area contributed by atoms with Crippen LogP contribution in [-0.4, -0.2) is 75.0 Å². The summed E-state index contributed by atoms with van der Waals surface area (Å²) in [7, 11) is 0. The molecule has 0 aromatic carbocycles. The van der Waals surface area contributed by atoms with E-state index in [0.717, 1.165) is 19.8 Å². The van der Waals surface area contributed by atoms with E-state index in [1.165, 1.54) is 90.6 Å². The van der Waals surface area contributed by atoms with Crippen LogP contribution in [0.3, 0.4) is 0 Å². The van der Waals surface area contributed by atoms with Crippen LogP contribution in [0.15, 0.2) is 0 Å². The Balaban J connectivity index is 1.26. The smallest absolute Gasteiger partial charge is 0.0586 e. The highest BCUT2D eigenvalue weighted by molar-refractivity contribution is 4.95. The largest absolute Gasteiger partial charge is 0.381 e. The summed E-state index contributed by atoms with van der Waals surface area (Å²) in [4.78, 5) is 5.39. The second-order valence-electron chi connectivity index (χ2n) is 11.3. The van der Waals surface area contributed by atoms with Gasteiger partial charge in [0, 0.05) is 32.9 Å². The molecule has 2 unspecified atom stereocenters. The molecule has 0 aliphatic carbocycles. The molecule has 0 bridgehead atoms. The summed E-state index contributed by atoms with van der Waals surface area (Å²) in [6.07, 6.45) is 11.0. The van der Waals surface area contributed by atoms with Crippen molar-refractivity contribution in [3.05, 3.63) is 0 Å². The molecule has 0 radical (unpaired) electrons. The lowest BCUT2D eigenvalue weighted by Crippen LogP contribution is -2.47. The van der Waals surface area contributed by atoms with Crippen LogP contribution >= 0.6 is 0 Å². The quantitative estimate of drug-likeness (QED) is 0.700. The molecule has 28 heavy (non-hydrogen) atoms. The summed E-state index contributed by atoms with van der Waals surface area (Å²) in [5, 5.41) is 0. The van der Waals surface area contributed by atoms with Gasteiger partial charge in [-0.25, -0.2) is 0 Å². The molecule has 0 N–H and O–H groups in total. The van der Waals surface area contributed by atoms with Crippen LogP contribution in [0.4, 0.5) is 0 Å². The second kappa shape index (κ2) is 8.53. The van der Waals surface area contributed by atoms with Gasteiger partial charge in [0.05, 0.1) is 6.10 Å². The first-order valence-corrected chi connectivity index (χ1v) is 12.1. The predicted octanol–water partition coefficient (Wildman–Crippen LogP) is 4.19. The first-order valence-electron chi connectivity index (χ1n) is 12.1. The molecule has 0 saturated carbocycles. The molecule has 4 heteroatoms. The minimum absolute atomic E-state index is 0.340. The van der Waals surface area contributed by atoms with Crippen molar-refractivity contribution in [2.24, 2.45) is 16.2 Å². The molecule has 2 spiro atoms. The van der Waals surface area contributed by atoms with Gasteiger partial charge in [0.15, 0.2) is 0 Å². The van der Waals surface area contributed by atoms with Crippen molar-refractivity contribution in [3.8, 4) is 0 Å². The molecule has 4 fully saturated rings. The fourth-order valence-corrected chi connectivity index (χ4v) is 6.66. The zero-order chi connectivity index (χ0) is 19.7. The van der Waals surface area contributed by atoms with Crippen molar-refractivity contribution >= 4 is 0 Å². The molecule has 4 aliphatic heterocycles. The highest BCUT2D eigenvalue weighted by Crippen LogP contribution is 2.45. The Kier molecular flexibility index (Phi) is 6.42. The highest BCUT2D eigenvalue weighted by atomic mass is 16.5. The van der Waals surface area contributed by atoms with E-state index in [9.17, 15) is 0 Å². The lowest BCUT2D eigenvalue weighted by Gasteiger charge is -2.46. The Morgan fingerprint density at radius 3 is 2.18 bits per heavy atom. The molecule has 4 rings (SSSR count). The average Bonchev–Trinajstić information content (AvgIpc) is 3.06. The minimum Gasteiger partial charge on any atom is -0.381 e. The monoisotopic (exact) mass is 392 g/mol. The van der Waals surface area contributed by atoms with E-state index in [-0.39, 0.29) is 0 Å². The molecule has 0 aromatic rings. The van der Waals surface area contributed by atoms with Crippen molar-refractivity contribution < 1.29 is 9.47 Å². The second-order valence-corrected chi connectivity index (χ2v) is 11.3. The van der Waals surface area contributed by atoms with Gasteiger partial charge in [-0.2, -0.15) is 0 Å². The first-order chi connectivity index (χ1) is 13.4. The minimum atomic E-state index is 0.340. The third kappa shape index (κ3) is 4.94. The zero-order valence-electron chi connectivity index (χ0n) is 18.8. The summed E-state index contributed by atoms with van der Waals surface area (Å²) in [6, 6.07) is 0. The fraction of sp³-hybridized carbons (Fsp3) is 1.00. The Hall–Kier alpha value is -0.160. The van der Waals surface area contributed by atoms with Crippen LogP contribution in [-0.2, 0) is 9.47 Å². The number of hydrogen-bond donors (Lipinski definition) is 0. The zero-order valence-corrected chi connectivity index (χ0v) is 18.8. The van der Waals surface area contributed by atoms with E-state index in [1.807, 2.05) is 0 Å². The predicted molar refractivity (Wildman–Crippen MR) is 115 cm³/mol. The van der Waals surface area contributed by atoms with Crippen LogP contribution in [0.1, 0.15) is 72.1 Å². The molecular weight excluding hydrogens is 348 g/mol. The van der Waals surface area contributed by atoms with Gasteiger partial charge in [-0.15, -0.1) is 0 Å². The molecule has 2 atom stereocenters. The van der Waals surface area contributed by atoms with Gasteiger partial charge in [0.25, 0.3) is 0 Å². The van der Waals surface area contributed by atoms with Crippen molar-refractivity contribution in [1.82, 2.24) is 9.80 Å². The van der Waals surface area contributed by atoms with Crippen LogP contribution < -0.4 is 0 Å². The Morgan fingerprint density at radius 2 is 1.50 bits per heavy atom. The third-order valence-electron chi connectivity index (χ3n) is 8.51. The van der Waals surface area contributed by atoms with Crippen molar-refractivity contribution in [2.45, 2.75) is 78.2 Å². The maximum Gasteiger partial charge on any atom is 0.0586 e. The van der Waals surface area contributed by atoms with Gasteiger partial charge >= 0.3 is 0 Å². The topological polar surface area (TPSA) is 24.9 Å². The van der Waals surface area contributed by atoms with E-state index < -0.39 is 0 Å². The molecular formula is C24H44N2O2. The standard InChI is InChI=1S/C24H44N2O2/c1-4-25-11-7-24(20-25)10-16-28-21(18-24)17-22(2,3)19-26-12-5-23(6-13-26)8-14-27-15-9-23/h21H,4-20H2,1-3H3.